The SMILES string of the molecule is CCC(CC)(CO)Nc1ccc2c(C(=O)O)cccc2n1. The molecule has 0 bridgehead atoms. The minimum Gasteiger partial charge on any atom is -0.478 e. The zero-order valence-corrected chi connectivity index (χ0v) is 12.3. The van der Waals surface area contributed by atoms with Crippen LogP contribution in [0.25, 0.3) is 10.9 Å². The summed E-state index contributed by atoms with van der Waals surface area (Å²) in [4.78, 5) is 15.7. The Labute approximate surface area is 123 Å². The second-order valence-electron chi connectivity index (χ2n) is 5.14. The van der Waals surface area contributed by atoms with Crippen molar-refractivity contribution in [3.05, 3.63) is 35.9 Å². The van der Waals surface area contributed by atoms with Crippen molar-refractivity contribution < 1.29 is 15.0 Å². The van der Waals surface area contributed by atoms with Gasteiger partial charge in [0.1, 0.15) is 5.82 Å². The maximum atomic E-state index is 11.2. The molecule has 0 aliphatic carbocycles. The van der Waals surface area contributed by atoms with Crippen molar-refractivity contribution >= 4 is 22.7 Å². The fraction of sp³-hybridized carbons (Fsp3) is 0.375. The summed E-state index contributed by atoms with van der Waals surface area (Å²) in [6.45, 7) is 4.04. The number of aliphatic hydroxyl groups excluding tert-OH is 1. The summed E-state index contributed by atoms with van der Waals surface area (Å²) >= 11 is 0. The van der Waals surface area contributed by atoms with Crippen LogP contribution in [0, 0.1) is 0 Å². The topological polar surface area (TPSA) is 82.5 Å². The molecule has 21 heavy (non-hydrogen) atoms. The van der Waals surface area contributed by atoms with Crippen LogP contribution in [0.2, 0.25) is 0 Å². The van der Waals surface area contributed by atoms with E-state index in [1.165, 1.54) is 0 Å². The molecular weight excluding hydrogens is 268 g/mol. The van der Waals surface area contributed by atoms with E-state index in [9.17, 15) is 15.0 Å². The van der Waals surface area contributed by atoms with Crippen LogP contribution in [0.4, 0.5) is 5.82 Å². The molecule has 0 amide bonds. The quantitative estimate of drug-likeness (QED) is 0.761. The zero-order valence-electron chi connectivity index (χ0n) is 12.3. The van der Waals surface area contributed by atoms with Crippen molar-refractivity contribution in [1.29, 1.82) is 0 Å². The maximum absolute atomic E-state index is 11.2. The van der Waals surface area contributed by atoms with Gasteiger partial charge in [0, 0.05) is 5.39 Å². The van der Waals surface area contributed by atoms with E-state index in [2.05, 4.69) is 10.3 Å². The van der Waals surface area contributed by atoms with Gasteiger partial charge in [0.05, 0.1) is 23.2 Å². The predicted octanol–water partition coefficient (Wildman–Crippen LogP) is 2.90. The van der Waals surface area contributed by atoms with Gasteiger partial charge < -0.3 is 15.5 Å². The number of nitrogens with zero attached hydrogens (tertiary/aromatic N) is 1. The Bertz CT molecular complexity index is 643. The number of aromatic nitrogens is 1. The number of aromatic carboxylic acids is 1. The number of carboxylic acids is 1. The summed E-state index contributed by atoms with van der Waals surface area (Å²) < 4.78 is 0. The van der Waals surface area contributed by atoms with Crippen LogP contribution in [0.3, 0.4) is 0 Å². The third kappa shape index (κ3) is 2.97. The number of fused-ring (bicyclic) bond motifs is 1. The van der Waals surface area contributed by atoms with E-state index < -0.39 is 11.5 Å². The standard InChI is InChI=1S/C16H20N2O3/c1-3-16(4-2,10-19)18-14-9-8-11-12(15(20)21)6-5-7-13(11)17-14/h5-9,19H,3-4,10H2,1-2H3,(H,17,18)(H,20,21). The highest BCUT2D eigenvalue weighted by Gasteiger charge is 2.25. The van der Waals surface area contributed by atoms with Crippen LogP contribution in [0.15, 0.2) is 30.3 Å². The number of anilines is 1. The summed E-state index contributed by atoms with van der Waals surface area (Å²) in [5.41, 5.74) is 0.468. The average Bonchev–Trinajstić information content (AvgIpc) is 2.51. The number of aliphatic hydroxyl groups is 1. The summed E-state index contributed by atoms with van der Waals surface area (Å²) in [7, 11) is 0. The minimum absolute atomic E-state index is 0.0227. The van der Waals surface area contributed by atoms with E-state index in [4.69, 9.17) is 0 Å². The van der Waals surface area contributed by atoms with E-state index in [0.29, 0.717) is 16.7 Å². The van der Waals surface area contributed by atoms with Crippen molar-refractivity contribution in [2.24, 2.45) is 0 Å². The molecule has 0 saturated heterocycles. The van der Waals surface area contributed by atoms with E-state index >= 15 is 0 Å². The molecule has 5 nitrogen and oxygen atoms in total. The van der Waals surface area contributed by atoms with Crippen molar-refractivity contribution in [1.82, 2.24) is 4.98 Å². The Hall–Kier alpha value is -2.14. The lowest BCUT2D eigenvalue weighted by Crippen LogP contribution is -2.41. The Morgan fingerprint density at radius 1 is 1.24 bits per heavy atom. The largest absolute Gasteiger partial charge is 0.478 e. The Kier molecular flexibility index (Phi) is 4.43. The summed E-state index contributed by atoms with van der Waals surface area (Å²) in [5, 5.41) is 22.7. The lowest BCUT2D eigenvalue weighted by atomic mass is 9.94. The molecule has 0 aliphatic heterocycles. The number of hydrogen-bond acceptors (Lipinski definition) is 4. The zero-order chi connectivity index (χ0) is 15.5. The highest BCUT2D eigenvalue weighted by atomic mass is 16.4. The highest BCUT2D eigenvalue weighted by Crippen LogP contribution is 2.24. The molecule has 0 aliphatic rings. The van der Waals surface area contributed by atoms with Gasteiger partial charge in [-0.05, 0) is 37.1 Å². The van der Waals surface area contributed by atoms with Crippen LogP contribution < -0.4 is 5.32 Å². The predicted molar refractivity (Wildman–Crippen MR) is 82.7 cm³/mol. The first kappa shape index (κ1) is 15.3. The van der Waals surface area contributed by atoms with E-state index in [0.717, 1.165) is 12.8 Å². The van der Waals surface area contributed by atoms with E-state index in [1.54, 1.807) is 30.3 Å². The molecule has 0 fully saturated rings. The molecule has 2 aromatic rings. The van der Waals surface area contributed by atoms with Crippen molar-refractivity contribution in [2.45, 2.75) is 32.2 Å². The van der Waals surface area contributed by atoms with Crippen molar-refractivity contribution in [3.63, 3.8) is 0 Å². The van der Waals surface area contributed by atoms with Crippen LogP contribution >= 0.6 is 0 Å². The first-order chi connectivity index (χ1) is 10.0. The van der Waals surface area contributed by atoms with Crippen molar-refractivity contribution in [3.8, 4) is 0 Å². The number of nitrogens with one attached hydrogen (secondary N) is 1. The van der Waals surface area contributed by atoms with Gasteiger partial charge in [-0.1, -0.05) is 19.9 Å². The maximum Gasteiger partial charge on any atom is 0.336 e. The molecule has 0 radical (unpaired) electrons. The van der Waals surface area contributed by atoms with Gasteiger partial charge in [-0.3, -0.25) is 0 Å². The van der Waals surface area contributed by atoms with Crippen LogP contribution in [-0.2, 0) is 0 Å². The molecule has 0 spiro atoms. The third-order valence-electron chi connectivity index (χ3n) is 4.01. The van der Waals surface area contributed by atoms with Crippen LogP contribution in [0.5, 0.6) is 0 Å². The number of rotatable bonds is 6. The lowest BCUT2D eigenvalue weighted by molar-refractivity contribution is 0.0699. The number of pyridine rings is 1. The lowest BCUT2D eigenvalue weighted by Gasteiger charge is -2.31. The van der Waals surface area contributed by atoms with Gasteiger partial charge in [-0.15, -0.1) is 0 Å². The number of carbonyl (C=O) groups is 1. The molecule has 112 valence electrons. The normalized spacial score (nSPS) is 11.6. The second-order valence-corrected chi connectivity index (χ2v) is 5.14. The fourth-order valence-electron chi connectivity index (χ4n) is 2.37. The monoisotopic (exact) mass is 288 g/mol. The highest BCUT2D eigenvalue weighted by molar-refractivity contribution is 6.02. The Morgan fingerprint density at radius 3 is 2.52 bits per heavy atom. The van der Waals surface area contributed by atoms with Gasteiger partial charge >= 0.3 is 5.97 Å². The number of hydrogen-bond donors (Lipinski definition) is 3. The molecule has 3 N–H and O–H groups in total. The number of benzene rings is 1. The molecule has 1 heterocycles. The molecule has 0 atom stereocenters. The molecule has 1 aromatic heterocycles. The van der Waals surface area contributed by atoms with E-state index in [-0.39, 0.29) is 12.2 Å². The molecule has 0 unspecified atom stereocenters. The summed E-state index contributed by atoms with van der Waals surface area (Å²) in [6.07, 6.45) is 1.55. The van der Waals surface area contributed by atoms with Gasteiger partial charge in [-0.25, -0.2) is 9.78 Å². The van der Waals surface area contributed by atoms with E-state index in [1.807, 2.05) is 13.8 Å². The Balaban J connectivity index is 2.42. The first-order valence-electron chi connectivity index (χ1n) is 7.07. The molecular formula is C16H20N2O3. The average molecular weight is 288 g/mol. The fourth-order valence-corrected chi connectivity index (χ4v) is 2.37. The van der Waals surface area contributed by atoms with Gasteiger partial charge in [0.2, 0.25) is 0 Å². The van der Waals surface area contributed by atoms with Crippen LogP contribution in [0.1, 0.15) is 37.0 Å². The first-order valence-corrected chi connectivity index (χ1v) is 7.07. The van der Waals surface area contributed by atoms with Gasteiger partial charge in [0.15, 0.2) is 0 Å². The van der Waals surface area contributed by atoms with Gasteiger partial charge in [-0.2, -0.15) is 0 Å². The summed E-state index contributed by atoms with van der Waals surface area (Å²) in [6, 6.07) is 8.54. The Morgan fingerprint density at radius 2 is 1.95 bits per heavy atom. The third-order valence-corrected chi connectivity index (χ3v) is 4.01. The smallest absolute Gasteiger partial charge is 0.336 e. The molecule has 1 aromatic carbocycles. The van der Waals surface area contributed by atoms with Gasteiger partial charge in [0.25, 0.3) is 0 Å². The second kappa shape index (κ2) is 6.10. The molecule has 0 saturated carbocycles. The van der Waals surface area contributed by atoms with Crippen LogP contribution in [-0.4, -0.2) is 33.3 Å². The molecule has 2 rings (SSSR count). The molecule has 5 heteroatoms. The van der Waals surface area contributed by atoms with Crippen molar-refractivity contribution in [2.75, 3.05) is 11.9 Å². The number of carboxylic acid groups (broad SMARTS) is 1. The minimum atomic E-state index is -0.963. The summed E-state index contributed by atoms with van der Waals surface area (Å²) in [5.74, 6) is -0.322.